The van der Waals surface area contributed by atoms with E-state index in [1.165, 1.54) is 28.0 Å². The molecule has 0 bridgehead atoms. The predicted octanol–water partition coefficient (Wildman–Crippen LogP) is 3.45. The third-order valence-corrected chi connectivity index (χ3v) is 5.50. The van der Waals surface area contributed by atoms with Crippen molar-refractivity contribution >= 4 is 57.6 Å². The summed E-state index contributed by atoms with van der Waals surface area (Å²) in [5, 5.41) is 11.4. The van der Waals surface area contributed by atoms with Crippen LogP contribution in [0.3, 0.4) is 0 Å². The average Bonchev–Trinajstić information content (AvgIpc) is 3.02. The van der Waals surface area contributed by atoms with Crippen molar-refractivity contribution in [2.45, 2.75) is 26.3 Å². The number of thioether (sulfide) groups is 1. The van der Waals surface area contributed by atoms with Crippen LogP contribution in [0.1, 0.15) is 25.1 Å². The van der Waals surface area contributed by atoms with Gasteiger partial charge in [-0.2, -0.15) is 0 Å². The summed E-state index contributed by atoms with van der Waals surface area (Å²) in [6.07, 6.45) is 2.43. The van der Waals surface area contributed by atoms with Crippen LogP contribution in [-0.2, 0) is 9.59 Å². The van der Waals surface area contributed by atoms with Crippen molar-refractivity contribution in [1.82, 2.24) is 4.90 Å². The lowest BCUT2D eigenvalue weighted by Gasteiger charge is -2.27. The van der Waals surface area contributed by atoms with Crippen LogP contribution >= 0.6 is 35.3 Å². The lowest BCUT2D eigenvalue weighted by molar-refractivity contribution is -0.147. The van der Waals surface area contributed by atoms with Crippen LogP contribution in [0.2, 0.25) is 0 Å². The van der Waals surface area contributed by atoms with E-state index in [4.69, 9.17) is 12.2 Å². The molecule has 1 N–H and O–H groups in total. The number of thiophene rings is 1. The second-order valence-electron chi connectivity index (χ2n) is 4.74. The van der Waals surface area contributed by atoms with Gasteiger partial charge >= 0.3 is 5.97 Å². The van der Waals surface area contributed by atoms with Crippen molar-refractivity contribution in [3.63, 3.8) is 0 Å². The van der Waals surface area contributed by atoms with Gasteiger partial charge in [0.25, 0.3) is 5.91 Å². The Hall–Kier alpha value is -1.18. The van der Waals surface area contributed by atoms with Crippen LogP contribution in [0.15, 0.2) is 22.4 Å². The Morgan fingerprint density at radius 2 is 2.29 bits per heavy atom. The molecule has 2 rings (SSSR count). The van der Waals surface area contributed by atoms with Crippen molar-refractivity contribution in [2.24, 2.45) is 5.92 Å². The van der Waals surface area contributed by atoms with E-state index in [0.29, 0.717) is 15.6 Å². The van der Waals surface area contributed by atoms with Crippen LogP contribution in [0, 0.1) is 5.92 Å². The molecule has 112 valence electrons. The smallest absolute Gasteiger partial charge is 0.327 e. The minimum absolute atomic E-state index is 0.161. The van der Waals surface area contributed by atoms with Gasteiger partial charge in [-0.15, -0.1) is 11.3 Å². The number of amides is 1. The van der Waals surface area contributed by atoms with Crippen molar-refractivity contribution < 1.29 is 14.7 Å². The number of rotatable bonds is 5. The van der Waals surface area contributed by atoms with Crippen LogP contribution in [-0.4, -0.2) is 32.2 Å². The van der Waals surface area contributed by atoms with Crippen LogP contribution in [0.4, 0.5) is 0 Å². The first-order valence-corrected chi connectivity index (χ1v) is 8.59. The molecule has 0 spiro atoms. The number of aliphatic carboxylic acids is 1. The summed E-state index contributed by atoms with van der Waals surface area (Å²) in [6, 6.07) is 2.90. The van der Waals surface area contributed by atoms with Crippen LogP contribution in [0.5, 0.6) is 0 Å². The fourth-order valence-electron chi connectivity index (χ4n) is 2.05. The fraction of sp³-hybridized carbons (Fsp3) is 0.357. The number of nitrogens with zero attached hydrogens (tertiary/aromatic N) is 1. The first-order chi connectivity index (χ1) is 9.95. The molecule has 1 amide bonds. The second kappa shape index (κ2) is 6.72. The molecule has 7 heteroatoms. The molecule has 0 saturated carbocycles. The van der Waals surface area contributed by atoms with Crippen LogP contribution in [0.25, 0.3) is 6.08 Å². The van der Waals surface area contributed by atoms with E-state index in [1.54, 1.807) is 6.08 Å². The van der Waals surface area contributed by atoms with Crippen molar-refractivity contribution in [3.8, 4) is 0 Å². The average molecular weight is 341 g/mol. The summed E-state index contributed by atoms with van der Waals surface area (Å²) in [6.45, 7) is 3.72. The van der Waals surface area contributed by atoms with Crippen molar-refractivity contribution in [2.75, 3.05) is 0 Å². The Bertz CT molecular complexity index is 595. The Morgan fingerprint density at radius 3 is 2.81 bits per heavy atom. The molecule has 1 aliphatic heterocycles. The minimum Gasteiger partial charge on any atom is -0.480 e. The number of carbonyl (C=O) groups is 2. The van der Waals surface area contributed by atoms with Gasteiger partial charge < -0.3 is 5.11 Å². The minimum atomic E-state index is -1.02. The van der Waals surface area contributed by atoms with E-state index >= 15 is 0 Å². The molecule has 4 nitrogen and oxygen atoms in total. The maximum atomic E-state index is 12.5. The highest BCUT2D eigenvalue weighted by Gasteiger charge is 2.42. The van der Waals surface area contributed by atoms with E-state index < -0.39 is 12.0 Å². The molecule has 1 aliphatic rings. The highest BCUT2D eigenvalue weighted by molar-refractivity contribution is 8.26. The molecule has 1 fully saturated rings. The second-order valence-corrected chi connectivity index (χ2v) is 7.39. The predicted molar refractivity (Wildman–Crippen MR) is 90.2 cm³/mol. The zero-order chi connectivity index (χ0) is 15.6. The third-order valence-electron chi connectivity index (χ3n) is 3.35. The molecule has 2 atom stereocenters. The van der Waals surface area contributed by atoms with Gasteiger partial charge in [0.05, 0.1) is 4.91 Å². The first-order valence-electron chi connectivity index (χ1n) is 6.49. The standard InChI is InChI=1S/C14H15NO3S3/c1-3-8(2)11(13(17)18)15-12(16)10(21-14(15)19)7-9-5-4-6-20-9/h4-8,11H,3H2,1-2H3,(H,17,18)/b10-7+/t8-,11-/m0/s1. The zero-order valence-electron chi connectivity index (χ0n) is 11.6. The molecule has 1 saturated heterocycles. The largest absolute Gasteiger partial charge is 0.480 e. The number of thiocarbonyl (C=S) groups is 1. The Labute approximate surface area is 136 Å². The van der Waals surface area contributed by atoms with Gasteiger partial charge in [0, 0.05) is 4.88 Å². The summed E-state index contributed by atoms with van der Waals surface area (Å²) in [4.78, 5) is 26.7. The Kier molecular flexibility index (Phi) is 5.18. The van der Waals surface area contributed by atoms with E-state index in [1.807, 2.05) is 31.4 Å². The summed E-state index contributed by atoms with van der Waals surface area (Å²) in [5.74, 6) is -1.49. The van der Waals surface area contributed by atoms with Gasteiger partial charge in [-0.1, -0.05) is 50.3 Å². The summed E-state index contributed by atoms with van der Waals surface area (Å²) < 4.78 is 0.315. The van der Waals surface area contributed by atoms with E-state index in [0.717, 1.165) is 4.88 Å². The summed E-state index contributed by atoms with van der Waals surface area (Å²) in [5.41, 5.74) is 0. The number of carboxylic acids is 1. The molecule has 0 aliphatic carbocycles. The van der Waals surface area contributed by atoms with Gasteiger partial charge in [-0.05, 0) is 23.4 Å². The van der Waals surface area contributed by atoms with Gasteiger partial charge in [0.2, 0.25) is 0 Å². The van der Waals surface area contributed by atoms with Crippen LogP contribution < -0.4 is 0 Å². The lowest BCUT2D eigenvalue weighted by Crippen LogP contribution is -2.47. The molecule has 0 radical (unpaired) electrons. The summed E-state index contributed by atoms with van der Waals surface area (Å²) >= 11 is 7.91. The monoisotopic (exact) mass is 341 g/mol. The topological polar surface area (TPSA) is 57.6 Å². The number of hydrogen-bond donors (Lipinski definition) is 1. The normalized spacial score (nSPS) is 20.1. The highest BCUT2D eigenvalue weighted by Crippen LogP contribution is 2.36. The highest BCUT2D eigenvalue weighted by atomic mass is 32.2. The maximum Gasteiger partial charge on any atom is 0.327 e. The van der Waals surface area contributed by atoms with Gasteiger partial charge in [0.1, 0.15) is 10.4 Å². The lowest BCUT2D eigenvalue weighted by atomic mass is 9.98. The zero-order valence-corrected chi connectivity index (χ0v) is 14.1. The summed E-state index contributed by atoms with van der Waals surface area (Å²) in [7, 11) is 0. The molecule has 0 aromatic carbocycles. The van der Waals surface area contributed by atoms with Crippen molar-refractivity contribution in [3.05, 3.63) is 27.3 Å². The van der Waals surface area contributed by atoms with E-state index in [2.05, 4.69) is 0 Å². The quantitative estimate of drug-likeness (QED) is 0.657. The number of carboxylic acid groups (broad SMARTS) is 1. The molecule has 21 heavy (non-hydrogen) atoms. The maximum absolute atomic E-state index is 12.5. The van der Waals surface area contributed by atoms with Gasteiger partial charge in [-0.3, -0.25) is 9.69 Å². The molecule has 0 unspecified atom stereocenters. The molecule has 2 heterocycles. The van der Waals surface area contributed by atoms with E-state index in [9.17, 15) is 14.7 Å². The third kappa shape index (κ3) is 3.36. The van der Waals surface area contributed by atoms with Gasteiger partial charge in [0.15, 0.2) is 0 Å². The Balaban J connectivity index is 2.31. The number of hydrogen-bond acceptors (Lipinski definition) is 5. The van der Waals surface area contributed by atoms with Crippen molar-refractivity contribution in [1.29, 1.82) is 0 Å². The molecule has 1 aromatic heterocycles. The van der Waals surface area contributed by atoms with Gasteiger partial charge in [-0.25, -0.2) is 4.79 Å². The molecular formula is C14H15NO3S3. The number of carbonyl (C=O) groups excluding carboxylic acids is 1. The SMILES string of the molecule is CC[C@H](C)[C@@H](C(=O)O)N1C(=O)/C(=C\c2cccs2)SC1=S. The molecule has 1 aromatic rings. The Morgan fingerprint density at radius 1 is 1.57 bits per heavy atom. The first kappa shape index (κ1) is 16.2. The van der Waals surface area contributed by atoms with E-state index in [-0.39, 0.29) is 11.8 Å². The molecular weight excluding hydrogens is 326 g/mol. The fourth-order valence-corrected chi connectivity index (χ4v) is 4.11.